The van der Waals surface area contributed by atoms with Crippen LogP contribution < -0.4 is 0 Å². The van der Waals surface area contributed by atoms with Crippen LogP contribution >= 0.6 is 0 Å². The Morgan fingerprint density at radius 1 is 1.33 bits per heavy atom. The predicted octanol–water partition coefficient (Wildman–Crippen LogP) is 2.61. The summed E-state index contributed by atoms with van der Waals surface area (Å²) in [6.07, 6.45) is 4.85. The first-order valence-corrected chi connectivity index (χ1v) is 6.08. The Kier molecular flexibility index (Phi) is 8.38. The predicted molar refractivity (Wildman–Crippen MR) is 63.1 cm³/mol. The second-order valence-corrected chi connectivity index (χ2v) is 4.14. The maximum atomic E-state index is 10.6. The molecule has 1 atom stereocenters. The van der Waals surface area contributed by atoms with Crippen molar-refractivity contribution in [2.75, 3.05) is 19.6 Å². The minimum Gasteiger partial charge on any atom is -0.480 e. The first-order chi connectivity index (χ1) is 7.13. The van der Waals surface area contributed by atoms with Crippen LogP contribution in [0.1, 0.15) is 46.5 Å². The van der Waals surface area contributed by atoms with Crippen LogP contribution in [0.25, 0.3) is 0 Å². The fourth-order valence-corrected chi connectivity index (χ4v) is 1.78. The molecule has 0 bridgehead atoms. The van der Waals surface area contributed by atoms with Gasteiger partial charge in [-0.2, -0.15) is 0 Å². The van der Waals surface area contributed by atoms with Gasteiger partial charge in [-0.05, 0) is 18.9 Å². The van der Waals surface area contributed by atoms with Crippen molar-refractivity contribution in [3.8, 4) is 0 Å². The number of hydrogen-bond donors (Lipinski definition) is 1. The molecule has 0 rings (SSSR count). The highest BCUT2D eigenvalue weighted by Gasteiger charge is 2.13. The summed E-state index contributed by atoms with van der Waals surface area (Å²) in [5.74, 6) is -0.0635. The Labute approximate surface area is 93.5 Å². The molecule has 1 unspecified atom stereocenters. The Morgan fingerprint density at radius 3 is 2.40 bits per heavy atom. The number of nitrogens with zero attached hydrogens (tertiary/aromatic N) is 1. The van der Waals surface area contributed by atoms with E-state index in [1.54, 1.807) is 0 Å². The molecule has 15 heavy (non-hydrogen) atoms. The van der Waals surface area contributed by atoms with Gasteiger partial charge >= 0.3 is 5.97 Å². The zero-order valence-electron chi connectivity index (χ0n) is 10.3. The van der Waals surface area contributed by atoms with Crippen molar-refractivity contribution < 1.29 is 9.90 Å². The van der Waals surface area contributed by atoms with Gasteiger partial charge in [0.2, 0.25) is 0 Å². The molecular weight excluding hydrogens is 190 g/mol. The van der Waals surface area contributed by atoms with Gasteiger partial charge in [0, 0.05) is 6.54 Å². The van der Waals surface area contributed by atoms with E-state index < -0.39 is 5.97 Å². The molecule has 0 spiro atoms. The summed E-state index contributed by atoms with van der Waals surface area (Å²) in [5, 5.41) is 8.74. The van der Waals surface area contributed by atoms with Crippen LogP contribution in [0.5, 0.6) is 0 Å². The molecule has 0 aliphatic heterocycles. The average molecular weight is 215 g/mol. The Balaban J connectivity index is 3.93. The van der Waals surface area contributed by atoms with Crippen LogP contribution in [-0.2, 0) is 4.79 Å². The fraction of sp³-hybridized carbons (Fsp3) is 0.917. The molecule has 0 radical (unpaired) electrons. The number of carbonyl (C=O) groups is 1. The summed E-state index contributed by atoms with van der Waals surface area (Å²) in [6, 6.07) is 0. The smallest absolute Gasteiger partial charge is 0.317 e. The number of unbranched alkanes of at least 4 members (excludes halogenated alkanes) is 1. The molecule has 0 heterocycles. The van der Waals surface area contributed by atoms with E-state index in [9.17, 15) is 4.79 Å². The summed E-state index contributed by atoms with van der Waals surface area (Å²) < 4.78 is 0. The summed E-state index contributed by atoms with van der Waals surface area (Å²) in [4.78, 5) is 12.6. The molecule has 0 aromatic heterocycles. The van der Waals surface area contributed by atoms with Crippen LogP contribution in [0, 0.1) is 5.92 Å². The number of aliphatic carboxylic acids is 1. The van der Waals surface area contributed by atoms with Crippen LogP contribution in [0.4, 0.5) is 0 Å². The van der Waals surface area contributed by atoms with Crippen molar-refractivity contribution in [2.45, 2.75) is 46.5 Å². The third-order valence-corrected chi connectivity index (χ3v) is 2.87. The summed E-state index contributed by atoms with van der Waals surface area (Å²) in [7, 11) is 0. The number of hydrogen-bond acceptors (Lipinski definition) is 2. The highest BCUT2D eigenvalue weighted by atomic mass is 16.4. The lowest BCUT2D eigenvalue weighted by molar-refractivity contribution is -0.138. The quantitative estimate of drug-likeness (QED) is 0.642. The van der Waals surface area contributed by atoms with E-state index in [-0.39, 0.29) is 6.54 Å². The summed E-state index contributed by atoms with van der Waals surface area (Å²) in [6.45, 7) is 8.35. The van der Waals surface area contributed by atoms with E-state index in [4.69, 9.17) is 5.11 Å². The molecule has 0 aliphatic rings. The molecular formula is C12H25NO2. The second kappa shape index (κ2) is 8.72. The van der Waals surface area contributed by atoms with Crippen molar-refractivity contribution in [2.24, 2.45) is 5.92 Å². The van der Waals surface area contributed by atoms with E-state index >= 15 is 0 Å². The molecule has 1 N–H and O–H groups in total. The van der Waals surface area contributed by atoms with Crippen LogP contribution in [0.15, 0.2) is 0 Å². The van der Waals surface area contributed by atoms with Gasteiger partial charge in [-0.25, -0.2) is 0 Å². The zero-order valence-corrected chi connectivity index (χ0v) is 10.3. The third kappa shape index (κ3) is 7.37. The monoisotopic (exact) mass is 215 g/mol. The molecule has 90 valence electrons. The lowest BCUT2D eigenvalue weighted by atomic mass is 9.99. The van der Waals surface area contributed by atoms with E-state index in [2.05, 4.69) is 13.8 Å². The van der Waals surface area contributed by atoms with E-state index in [0.717, 1.165) is 19.5 Å². The standard InChI is InChI=1S/C12H25NO2/c1-4-7-8-11(5-2)9-13(6-3)10-12(14)15/h11H,4-10H2,1-3H3,(H,14,15). The topological polar surface area (TPSA) is 40.5 Å². The van der Waals surface area contributed by atoms with Crippen LogP contribution in [0.2, 0.25) is 0 Å². The van der Waals surface area contributed by atoms with Gasteiger partial charge in [0.25, 0.3) is 0 Å². The van der Waals surface area contributed by atoms with Gasteiger partial charge in [0.15, 0.2) is 0 Å². The normalized spacial score (nSPS) is 13.1. The molecule has 0 saturated heterocycles. The third-order valence-electron chi connectivity index (χ3n) is 2.87. The van der Waals surface area contributed by atoms with Crippen molar-refractivity contribution in [3.63, 3.8) is 0 Å². The largest absolute Gasteiger partial charge is 0.480 e. The van der Waals surface area contributed by atoms with E-state index in [0.29, 0.717) is 5.92 Å². The van der Waals surface area contributed by atoms with Gasteiger partial charge in [-0.15, -0.1) is 0 Å². The molecule has 0 fully saturated rings. The summed E-state index contributed by atoms with van der Waals surface area (Å²) >= 11 is 0. The minimum absolute atomic E-state index is 0.180. The average Bonchev–Trinajstić information content (AvgIpc) is 2.21. The molecule has 3 heteroatoms. The van der Waals surface area contributed by atoms with Crippen molar-refractivity contribution in [1.29, 1.82) is 0 Å². The fourth-order valence-electron chi connectivity index (χ4n) is 1.78. The number of rotatable bonds is 9. The first-order valence-electron chi connectivity index (χ1n) is 6.08. The van der Waals surface area contributed by atoms with E-state index in [1.165, 1.54) is 19.3 Å². The van der Waals surface area contributed by atoms with Gasteiger partial charge in [-0.3, -0.25) is 9.69 Å². The van der Waals surface area contributed by atoms with Crippen molar-refractivity contribution >= 4 is 5.97 Å². The van der Waals surface area contributed by atoms with Gasteiger partial charge in [-0.1, -0.05) is 40.0 Å². The molecule has 0 saturated carbocycles. The SMILES string of the molecule is CCCCC(CC)CN(CC)CC(=O)O. The van der Waals surface area contributed by atoms with Crippen molar-refractivity contribution in [1.82, 2.24) is 4.90 Å². The van der Waals surface area contributed by atoms with Gasteiger partial charge in [0.05, 0.1) is 6.54 Å². The molecule has 0 amide bonds. The lowest BCUT2D eigenvalue weighted by Gasteiger charge is -2.24. The molecule has 0 aromatic carbocycles. The molecule has 0 aliphatic carbocycles. The molecule has 3 nitrogen and oxygen atoms in total. The van der Waals surface area contributed by atoms with E-state index in [1.807, 2.05) is 11.8 Å². The lowest BCUT2D eigenvalue weighted by Crippen LogP contribution is -2.34. The maximum absolute atomic E-state index is 10.6. The number of likely N-dealkylation sites (N-methyl/N-ethyl adjacent to an activating group) is 1. The first kappa shape index (κ1) is 14.4. The second-order valence-electron chi connectivity index (χ2n) is 4.14. The van der Waals surface area contributed by atoms with Gasteiger partial charge < -0.3 is 5.11 Å². The van der Waals surface area contributed by atoms with Crippen molar-refractivity contribution in [3.05, 3.63) is 0 Å². The minimum atomic E-state index is -0.720. The van der Waals surface area contributed by atoms with Crippen LogP contribution in [-0.4, -0.2) is 35.6 Å². The zero-order chi connectivity index (χ0) is 11.7. The summed E-state index contributed by atoms with van der Waals surface area (Å²) in [5.41, 5.74) is 0. The Morgan fingerprint density at radius 2 is 2.00 bits per heavy atom. The molecule has 0 aromatic rings. The number of carboxylic acids is 1. The Bertz CT molecular complexity index is 171. The number of carboxylic acid groups (broad SMARTS) is 1. The highest BCUT2D eigenvalue weighted by Crippen LogP contribution is 2.14. The Hall–Kier alpha value is -0.570. The van der Waals surface area contributed by atoms with Gasteiger partial charge in [0.1, 0.15) is 0 Å². The highest BCUT2D eigenvalue weighted by molar-refractivity contribution is 5.69. The maximum Gasteiger partial charge on any atom is 0.317 e. The van der Waals surface area contributed by atoms with Crippen LogP contribution in [0.3, 0.4) is 0 Å².